The van der Waals surface area contributed by atoms with E-state index in [4.69, 9.17) is 0 Å². The second-order valence-electron chi connectivity index (χ2n) is 6.45. The van der Waals surface area contributed by atoms with E-state index in [2.05, 4.69) is 57.0 Å². The van der Waals surface area contributed by atoms with Crippen LogP contribution in [-0.4, -0.2) is 62.7 Å². The average Bonchev–Trinajstić information content (AvgIpc) is 2.28. The van der Waals surface area contributed by atoms with Crippen molar-refractivity contribution in [1.29, 1.82) is 0 Å². The smallest absolute Gasteiger partial charge is 0.0117 e. The summed E-state index contributed by atoms with van der Waals surface area (Å²) in [6, 6.07) is 1.32. The lowest BCUT2D eigenvalue weighted by molar-refractivity contribution is 0.0928. The Hall–Kier alpha value is -0.120. The van der Waals surface area contributed by atoms with Gasteiger partial charge in [0.15, 0.2) is 0 Å². The Morgan fingerprint density at radius 2 is 1.88 bits per heavy atom. The average molecular weight is 241 g/mol. The molecule has 1 aliphatic heterocycles. The van der Waals surface area contributed by atoms with Crippen molar-refractivity contribution in [2.45, 2.75) is 45.7 Å². The maximum Gasteiger partial charge on any atom is 0.0117 e. The molecule has 102 valence electrons. The predicted molar refractivity (Wildman–Crippen MR) is 75.5 cm³/mol. The van der Waals surface area contributed by atoms with Gasteiger partial charge in [-0.1, -0.05) is 13.8 Å². The second kappa shape index (κ2) is 6.17. The van der Waals surface area contributed by atoms with Gasteiger partial charge in [0.2, 0.25) is 0 Å². The van der Waals surface area contributed by atoms with E-state index in [0.29, 0.717) is 11.5 Å². The van der Waals surface area contributed by atoms with Gasteiger partial charge in [0.1, 0.15) is 0 Å². The Balaban J connectivity index is 2.45. The molecule has 3 nitrogen and oxygen atoms in total. The zero-order valence-corrected chi connectivity index (χ0v) is 12.6. The molecule has 0 aromatic heterocycles. The van der Waals surface area contributed by atoms with E-state index in [1.165, 1.54) is 32.5 Å². The first-order valence-corrected chi connectivity index (χ1v) is 6.93. The third-order valence-corrected chi connectivity index (χ3v) is 4.57. The van der Waals surface area contributed by atoms with Crippen LogP contribution in [0.5, 0.6) is 0 Å². The van der Waals surface area contributed by atoms with Crippen LogP contribution < -0.4 is 5.32 Å². The van der Waals surface area contributed by atoms with Gasteiger partial charge < -0.3 is 15.1 Å². The Bertz CT molecular complexity index is 220. The van der Waals surface area contributed by atoms with Crippen molar-refractivity contribution in [3.63, 3.8) is 0 Å². The van der Waals surface area contributed by atoms with Gasteiger partial charge in [0, 0.05) is 18.6 Å². The van der Waals surface area contributed by atoms with E-state index in [1.54, 1.807) is 0 Å². The Morgan fingerprint density at radius 1 is 1.35 bits per heavy atom. The number of hydrogen-bond acceptors (Lipinski definition) is 3. The molecule has 1 fully saturated rings. The maximum atomic E-state index is 3.39. The highest BCUT2D eigenvalue weighted by Gasteiger charge is 2.29. The van der Waals surface area contributed by atoms with E-state index in [0.717, 1.165) is 6.04 Å². The van der Waals surface area contributed by atoms with Gasteiger partial charge in [0.25, 0.3) is 0 Å². The molecule has 1 saturated heterocycles. The standard InChI is InChI=1S/C14H31N3/c1-12(15-4)14(2,3)11-17(6)13-7-9-16(5)10-8-13/h12-13,15H,7-11H2,1-6H3. The van der Waals surface area contributed by atoms with Crippen LogP contribution in [0.2, 0.25) is 0 Å². The van der Waals surface area contributed by atoms with Crippen LogP contribution in [0.25, 0.3) is 0 Å². The Morgan fingerprint density at radius 3 is 2.35 bits per heavy atom. The van der Waals surface area contributed by atoms with Crippen molar-refractivity contribution < 1.29 is 0 Å². The molecule has 0 radical (unpaired) electrons. The summed E-state index contributed by atoms with van der Waals surface area (Å²) in [5.74, 6) is 0. The fourth-order valence-electron chi connectivity index (χ4n) is 2.74. The van der Waals surface area contributed by atoms with E-state index in [1.807, 2.05) is 0 Å². The molecule has 0 aromatic rings. The monoisotopic (exact) mass is 241 g/mol. The topological polar surface area (TPSA) is 18.5 Å². The quantitative estimate of drug-likeness (QED) is 0.789. The molecule has 0 bridgehead atoms. The number of likely N-dealkylation sites (tertiary alicyclic amines) is 1. The van der Waals surface area contributed by atoms with Gasteiger partial charge in [-0.15, -0.1) is 0 Å². The van der Waals surface area contributed by atoms with Gasteiger partial charge in [-0.25, -0.2) is 0 Å². The molecule has 1 rings (SSSR count). The van der Waals surface area contributed by atoms with Gasteiger partial charge in [-0.2, -0.15) is 0 Å². The second-order valence-corrected chi connectivity index (χ2v) is 6.45. The first-order valence-electron chi connectivity index (χ1n) is 6.93. The molecule has 0 amide bonds. The fraction of sp³-hybridized carbons (Fsp3) is 1.00. The molecule has 1 aliphatic rings. The van der Waals surface area contributed by atoms with Crippen LogP contribution in [0.1, 0.15) is 33.6 Å². The van der Waals surface area contributed by atoms with Crippen LogP contribution in [0, 0.1) is 5.41 Å². The minimum absolute atomic E-state index is 0.326. The number of hydrogen-bond donors (Lipinski definition) is 1. The van der Waals surface area contributed by atoms with Crippen molar-refractivity contribution in [2.24, 2.45) is 5.41 Å². The van der Waals surface area contributed by atoms with E-state index in [9.17, 15) is 0 Å². The number of rotatable bonds is 5. The summed E-state index contributed by atoms with van der Waals surface area (Å²) < 4.78 is 0. The molecule has 0 spiro atoms. The lowest BCUT2D eigenvalue weighted by atomic mass is 9.84. The molecule has 17 heavy (non-hydrogen) atoms. The molecular formula is C14H31N3. The lowest BCUT2D eigenvalue weighted by Crippen LogP contribution is -2.49. The summed E-state index contributed by atoms with van der Waals surface area (Å²) in [5.41, 5.74) is 0.326. The molecule has 0 saturated carbocycles. The zero-order chi connectivity index (χ0) is 13.1. The number of nitrogens with one attached hydrogen (secondary N) is 1. The summed E-state index contributed by atoms with van der Waals surface area (Å²) in [7, 11) is 6.57. The molecule has 1 heterocycles. The SMILES string of the molecule is CNC(C)C(C)(C)CN(C)C1CCN(C)CC1. The fourth-order valence-corrected chi connectivity index (χ4v) is 2.74. The van der Waals surface area contributed by atoms with Gasteiger partial charge in [0.05, 0.1) is 0 Å². The van der Waals surface area contributed by atoms with Crippen LogP contribution in [-0.2, 0) is 0 Å². The highest BCUT2D eigenvalue weighted by molar-refractivity contribution is 4.85. The molecule has 0 aromatic carbocycles. The minimum atomic E-state index is 0.326. The normalized spacial score (nSPS) is 22.1. The van der Waals surface area contributed by atoms with Crippen molar-refractivity contribution in [2.75, 3.05) is 40.8 Å². The van der Waals surface area contributed by atoms with Gasteiger partial charge in [-0.05, 0) is 59.4 Å². The van der Waals surface area contributed by atoms with Crippen LogP contribution in [0.3, 0.4) is 0 Å². The van der Waals surface area contributed by atoms with Crippen molar-refractivity contribution in [1.82, 2.24) is 15.1 Å². The predicted octanol–water partition coefficient (Wildman–Crippen LogP) is 1.65. The summed E-state index contributed by atoms with van der Waals surface area (Å²) in [4.78, 5) is 5.01. The molecule has 1 atom stereocenters. The van der Waals surface area contributed by atoms with Crippen LogP contribution in [0.4, 0.5) is 0 Å². The molecule has 1 N–H and O–H groups in total. The molecule has 3 heteroatoms. The third kappa shape index (κ3) is 4.23. The van der Waals surface area contributed by atoms with E-state index < -0.39 is 0 Å². The summed E-state index contributed by atoms with van der Waals surface area (Å²) in [5, 5.41) is 3.39. The highest BCUT2D eigenvalue weighted by Crippen LogP contribution is 2.24. The third-order valence-electron chi connectivity index (χ3n) is 4.57. The first kappa shape index (κ1) is 14.9. The van der Waals surface area contributed by atoms with E-state index >= 15 is 0 Å². The summed E-state index contributed by atoms with van der Waals surface area (Å²) >= 11 is 0. The largest absolute Gasteiger partial charge is 0.317 e. The van der Waals surface area contributed by atoms with Crippen molar-refractivity contribution >= 4 is 0 Å². The summed E-state index contributed by atoms with van der Waals surface area (Å²) in [6.07, 6.45) is 2.63. The summed E-state index contributed by atoms with van der Waals surface area (Å²) in [6.45, 7) is 10.7. The molecular weight excluding hydrogens is 210 g/mol. The first-order chi connectivity index (χ1) is 7.86. The number of nitrogens with zero attached hydrogens (tertiary/aromatic N) is 2. The molecule has 0 aliphatic carbocycles. The van der Waals surface area contributed by atoms with Crippen molar-refractivity contribution in [3.8, 4) is 0 Å². The Labute approximate surface area is 108 Å². The van der Waals surface area contributed by atoms with Crippen molar-refractivity contribution in [3.05, 3.63) is 0 Å². The molecule has 1 unspecified atom stereocenters. The van der Waals surface area contributed by atoms with Crippen LogP contribution >= 0.6 is 0 Å². The van der Waals surface area contributed by atoms with Gasteiger partial charge >= 0.3 is 0 Å². The maximum absolute atomic E-state index is 3.39. The lowest BCUT2D eigenvalue weighted by Gasteiger charge is -2.41. The highest BCUT2D eigenvalue weighted by atomic mass is 15.2. The zero-order valence-electron chi connectivity index (χ0n) is 12.6. The Kier molecular flexibility index (Phi) is 5.42. The minimum Gasteiger partial charge on any atom is -0.317 e. The van der Waals surface area contributed by atoms with E-state index in [-0.39, 0.29) is 0 Å². The van der Waals surface area contributed by atoms with Gasteiger partial charge in [-0.3, -0.25) is 0 Å². The van der Waals surface area contributed by atoms with Crippen LogP contribution in [0.15, 0.2) is 0 Å². The number of piperidine rings is 1.